The lowest BCUT2D eigenvalue weighted by atomic mass is 9.63. The number of benzene rings is 7. The summed E-state index contributed by atoms with van der Waals surface area (Å²) in [6.45, 7) is 56.4. The Morgan fingerprint density at radius 1 is 0.306 bits per heavy atom. The van der Waals surface area contributed by atoms with Gasteiger partial charge in [-0.25, -0.2) is 24.7 Å². The largest absolute Gasteiger partial charge is 0.508 e. The fraction of sp³-hybridized carbons (Fsp3) is 0.411. The third-order valence-electron chi connectivity index (χ3n) is 26.2. The van der Waals surface area contributed by atoms with Gasteiger partial charge in [-0.05, 0) is 323 Å². The van der Waals surface area contributed by atoms with Crippen LogP contribution in [0.2, 0.25) is 0 Å². The number of rotatable bonds is 2. The van der Waals surface area contributed by atoms with Gasteiger partial charge in [-0.1, -0.05) is 234 Å². The third-order valence-corrected chi connectivity index (χ3v) is 26.2. The van der Waals surface area contributed by atoms with Crippen molar-refractivity contribution in [3.63, 3.8) is 0 Å². The minimum Gasteiger partial charge on any atom is -0.508 e. The van der Waals surface area contributed by atoms with Crippen LogP contribution >= 0.6 is 0 Å². The first-order chi connectivity index (χ1) is 56.7. The molecule has 0 atom stereocenters. The zero-order valence-corrected chi connectivity index (χ0v) is 76.9. The van der Waals surface area contributed by atoms with Crippen molar-refractivity contribution in [2.45, 2.75) is 291 Å². The van der Waals surface area contributed by atoms with Crippen LogP contribution in [0.4, 0.5) is 0 Å². The minimum absolute atomic E-state index is 0.172. The van der Waals surface area contributed by atoms with Crippen LogP contribution in [0.15, 0.2) is 171 Å². The van der Waals surface area contributed by atoms with E-state index in [1.165, 1.54) is 120 Å². The molecule has 0 bridgehead atoms. The van der Waals surface area contributed by atoms with E-state index in [2.05, 4.69) is 314 Å². The Labute approximate surface area is 725 Å². The zero-order chi connectivity index (χ0) is 88.1. The Balaban J connectivity index is 0.000000148. The number of ether oxygens (including phenoxy) is 1. The molecule has 9 heteroatoms. The monoisotopic (exact) mass is 1610 g/mol. The van der Waals surface area contributed by atoms with Gasteiger partial charge in [-0.2, -0.15) is 0 Å². The highest BCUT2D eigenvalue weighted by atomic mass is 16.5. The van der Waals surface area contributed by atoms with Crippen LogP contribution in [0.1, 0.15) is 354 Å². The lowest BCUT2D eigenvalue weighted by Gasteiger charge is -2.41. The highest BCUT2D eigenvalue weighted by molar-refractivity contribution is 5.87. The first-order valence-corrected chi connectivity index (χ1v) is 43.3. The molecule has 0 aliphatic heterocycles. The molecule has 0 spiro atoms. The van der Waals surface area contributed by atoms with Gasteiger partial charge in [-0.3, -0.25) is 4.98 Å². The average molecular weight is 1610 g/mol. The smallest absolute Gasteiger partial charge is 0.356 e. The van der Waals surface area contributed by atoms with Crippen molar-refractivity contribution in [3.8, 4) is 70.7 Å². The van der Waals surface area contributed by atoms with Gasteiger partial charge >= 0.3 is 5.97 Å². The standard InChI is InChI=1S/C24H27NO2.2C23H26O.2C21H24N2/c1-6-27-22(26)21-12-10-18(16-25-21)8-7-17-9-11-19-20(15-17)24(4,5)14-13-23(19,2)3;1-16-6-9-18(21(24)14-16)10-7-17-8-11-19-20(15-17)23(4,5)13-12-22(19,2)3;1-16-6-7-18(15-21(16)24)9-8-17-10-11-19-20(14-17)23(4,5)13-12-22(19,2)3;1-15-13-23-17(14-22-15)8-6-16-7-9-18-19(12-16)21(4,5)11-10-20(18,2)3;1-15-22-13-17(14-23-15)7-6-16-8-9-18-19(12-16)21(4,5)11-10-20(18,2)3/h9-12,15-16H,6,13-14H2,1-5H3;6,8-9,11,14-15,24H,12-13H2,1-5H3;6-7,10-11,14-15,24H,12-13H2,1-5H3;7,9,12-14H,10-11H2,1-5H3;8-9,12-14H,10-11H2,1-5H3. The second-order valence-corrected chi connectivity index (χ2v) is 40.6. The van der Waals surface area contributed by atoms with Crippen molar-refractivity contribution in [1.82, 2.24) is 24.9 Å². The van der Waals surface area contributed by atoms with Crippen LogP contribution in [0.5, 0.6) is 11.5 Å². The number of pyridine rings is 1. The molecule has 0 fully saturated rings. The van der Waals surface area contributed by atoms with Gasteiger partial charge in [0, 0.05) is 63.7 Å². The summed E-state index contributed by atoms with van der Waals surface area (Å²) in [5.74, 6) is 32.9. The molecule has 0 saturated carbocycles. The summed E-state index contributed by atoms with van der Waals surface area (Å²) in [4.78, 5) is 32.7. The van der Waals surface area contributed by atoms with Crippen molar-refractivity contribution in [3.05, 3.63) is 310 Å². The highest BCUT2D eigenvalue weighted by Gasteiger charge is 2.42. The summed E-state index contributed by atoms with van der Waals surface area (Å²) in [7, 11) is 0. The normalized spacial score (nSPS) is 17.4. The number of esters is 1. The number of hydrogen-bond acceptors (Lipinski definition) is 9. The number of nitrogens with zero attached hydrogens (tertiary/aromatic N) is 5. The van der Waals surface area contributed by atoms with E-state index in [9.17, 15) is 15.0 Å². The molecule has 3 heterocycles. The van der Waals surface area contributed by atoms with E-state index < -0.39 is 5.97 Å². The zero-order valence-electron chi connectivity index (χ0n) is 76.9. The van der Waals surface area contributed by atoms with Crippen molar-refractivity contribution >= 4 is 5.97 Å². The molecule has 10 aromatic rings. The molecule has 7 aromatic carbocycles. The van der Waals surface area contributed by atoms with E-state index in [-0.39, 0.29) is 59.9 Å². The number of aryl methyl sites for hydroxylation is 4. The van der Waals surface area contributed by atoms with Gasteiger partial charge in [0.05, 0.1) is 29.6 Å². The molecular weight excluding hydrogens is 1480 g/mol. The molecule has 624 valence electrons. The molecule has 0 radical (unpaired) electrons. The van der Waals surface area contributed by atoms with Crippen molar-refractivity contribution in [2.75, 3.05) is 6.61 Å². The van der Waals surface area contributed by atoms with E-state index in [0.29, 0.717) is 29.3 Å². The summed E-state index contributed by atoms with van der Waals surface area (Å²) in [6, 6.07) is 47.8. The van der Waals surface area contributed by atoms with Crippen LogP contribution in [-0.2, 0) is 58.9 Å². The maximum Gasteiger partial charge on any atom is 0.356 e. The molecule has 15 rings (SSSR count). The van der Waals surface area contributed by atoms with E-state index in [1.54, 1.807) is 62.2 Å². The van der Waals surface area contributed by atoms with E-state index in [0.717, 1.165) is 67.2 Å². The van der Waals surface area contributed by atoms with E-state index >= 15 is 0 Å². The van der Waals surface area contributed by atoms with Crippen LogP contribution in [0.25, 0.3) is 0 Å². The van der Waals surface area contributed by atoms with Crippen LogP contribution in [0.3, 0.4) is 0 Å². The molecule has 9 nitrogen and oxygen atoms in total. The van der Waals surface area contributed by atoms with Gasteiger partial charge in [0.15, 0.2) is 0 Å². The summed E-state index contributed by atoms with van der Waals surface area (Å²) in [5, 5.41) is 19.8. The quantitative estimate of drug-likeness (QED) is 0.128. The maximum atomic E-state index is 11.7. The minimum atomic E-state index is -0.406. The Bertz CT molecular complexity index is 5720. The number of aromatic nitrogens is 5. The van der Waals surface area contributed by atoms with Gasteiger partial charge < -0.3 is 14.9 Å². The predicted molar refractivity (Wildman–Crippen MR) is 498 cm³/mol. The number of carbonyl (C=O) groups is 1. The topological polar surface area (TPSA) is 131 Å². The number of aromatic hydroxyl groups is 2. The van der Waals surface area contributed by atoms with Gasteiger partial charge in [0.2, 0.25) is 0 Å². The Hall–Kier alpha value is -11.3. The second kappa shape index (κ2) is 35.8. The third kappa shape index (κ3) is 22.1. The lowest BCUT2D eigenvalue weighted by molar-refractivity contribution is 0.0519. The molecule has 2 N–H and O–H groups in total. The summed E-state index contributed by atoms with van der Waals surface area (Å²) in [6.07, 6.45) is 20.8. The van der Waals surface area contributed by atoms with Crippen LogP contribution in [-0.4, -0.2) is 47.7 Å². The van der Waals surface area contributed by atoms with E-state index in [1.807, 2.05) is 52.0 Å². The SMILES string of the molecule is CCOC(=O)c1ccc(C#Cc2ccc3c(c2)C(C)(C)CCC3(C)C)cn1.Cc1ccc(C#Cc2ccc3c(c2)C(C)(C)CCC3(C)C)c(O)c1.Cc1ccc(C#Cc2ccc3c(c2)C(C)(C)CCC3(C)C)cc1O.Cc1cnc(C#Cc2ccc3c(c2)C(C)(C)CCC3(C)C)cn1.Cc1ncc(C#Cc2ccc3c(c2)C(C)(C)CCC3(C)C)cn1. The number of hydrogen-bond donors (Lipinski definition) is 2. The predicted octanol–water partition coefficient (Wildman–Crippen LogP) is 25.0. The molecule has 5 aliphatic carbocycles. The first kappa shape index (κ1) is 90.5. The van der Waals surface area contributed by atoms with Gasteiger partial charge in [0.1, 0.15) is 28.7 Å². The van der Waals surface area contributed by atoms with Crippen molar-refractivity contribution in [2.24, 2.45) is 0 Å². The highest BCUT2D eigenvalue weighted by Crippen LogP contribution is 2.51. The van der Waals surface area contributed by atoms with Crippen LogP contribution < -0.4 is 0 Å². The molecular formula is C112H127N5O4. The average Bonchev–Trinajstić information content (AvgIpc) is 0.779. The first-order valence-electron chi connectivity index (χ1n) is 43.3. The fourth-order valence-electron chi connectivity index (χ4n) is 17.2. The van der Waals surface area contributed by atoms with Gasteiger partial charge in [-0.15, -0.1) is 0 Å². The summed E-state index contributed by atoms with van der Waals surface area (Å²) < 4.78 is 4.95. The van der Waals surface area contributed by atoms with Crippen molar-refractivity contribution < 1.29 is 19.7 Å². The molecule has 121 heavy (non-hydrogen) atoms. The van der Waals surface area contributed by atoms with Gasteiger partial charge in [0.25, 0.3) is 0 Å². The Morgan fingerprint density at radius 3 is 0.950 bits per heavy atom. The summed E-state index contributed by atoms with van der Waals surface area (Å²) >= 11 is 0. The summed E-state index contributed by atoms with van der Waals surface area (Å²) in [5.41, 5.74) is 28.8. The molecule has 0 amide bonds. The van der Waals surface area contributed by atoms with Crippen molar-refractivity contribution in [1.29, 1.82) is 0 Å². The Morgan fingerprint density at radius 2 is 0.620 bits per heavy atom. The molecule has 3 aromatic heterocycles. The number of carbonyl (C=O) groups excluding carboxylic acids is 1. The molecule has 0 saturated heterocycles. The maximum absolute atomic E-state index is 11.7. The lowest BCUT2D eigenvalue weighted by Crippen LogP contribution is -2.33. The number of phenolic OH excluding ortho intramolecular Hbond substituents is 2. The molecule has 5 aliphatic rings. The van der Waals surface area contributed by atoms with E-state index in [4.69, 9.17) is 4.74 Å². The molecule has 0 unspecified atom stereocenters. The number of phenols is 2. The fourth-order valence-corrected chi connectivity index (χ4v) is 17.2. The Kier molecular flexibility index (Phi) is 26.8. The number of fused-ring (bicyclic) bond motifs is 5. The second-order valence-electron chi connectivity index (χ2n) is 40.6. The van der Waals surface area contributed by atoms with Crippen LogP contribution in [0, 0.1) is 86.9 Å².